The molecular weight excluding hydrogens is 252 g/mol. The molecule has 0 aliphatic carbocycles. The third kappa shape index (κ3) is 2.34. The standard InChI is InChI=1S/C15H20N4O/c1-15(20,12-6-5-9-16-10-12)14-11-17-18-19(14)13-7-3-2-4-8-13/h2-4,7-8,11-12,16,20H,5-6,9-10H2,1H3. The highest BCUT2D eigenvalue weighted by atomic mass is 16.3. The molecule has 2 aromatic rings. The predicted molar refractivity (Wildman–Crippen MR) is 76.5 cm³/mol. The lowest BCUT2D eigenvalue weighted by atomic mass is 9.81. The fourth-order valence-corrected chi connectivity index (χ4v) is 2.88. The van der Waals surface area contributed by atoms with E-state index in [9.17, 15) is 5.11 Å². The number of para-hydroxylation sites is 1. The molecule has 2 N–H and O–H groups in total. The fourth-order valence-electron chi connectivity index (χ4n) is 2.88. The predicted octanol–water partition coefficient (Wildman–Crippen LogP) is 1.47. The Labute approximate surface area is 118 Å². The van der Waals surface area contributed by atoms with Crippen molar-refractivity contribution < 1.29 is 5.11 Å². The van der Waals surface area contributed by atoms with Gasteiger partial charge < -0.3 is 10.4 Å². The number of aromatic nitrogens is 3. The zero-order chi connectivity index (χ0) is 14.0. The highest BCUT2D eigenvalue weighted by Crippen LogP contribution is 2.33. The van der Waals surface area contributed by atoms with Crippen molar-refractivity contribution in [1.82, 2.24) is 20.3 Å². The van der Waals surface area contributed by atoms with E-state index in [1.54, 1.807) is 10.9 Å². The van der Waals surface area contributed by atoms with Crippen molar-refractivity contribution in [2.45, 2.75) is 25.4 Å². The maximum absolute atomic E-state index is 11.0. The average Bonchev–Trinajstić information content (AvgIpc) is 2.99. The number of nitrogens with one attached hydrogen (secondary N) is 1. The van der Waals surface area contributed by atoms with Crippen LogP contribution < -0.4 is 5.32 Å². The van der Waals surface area contributed by atoms with E-state index in [1.807, 2.05) is 37.3 Å². The molecule has 0 bridgehead atoms. The molecule has 3 rings (SSSR count). The molecule has 1 saturated heterocycles. The van der Waals surface area contributed by atoms with Gasteiger partial charge in [-0.3, -0.25) is 0 Å². The Bertz CT molecular complexity index is 558. The lowest BCUT2D eigenvalue weighted by molar-refractivity contribution is -0.0214. The van der Waals surface area contributed by atoms with Gasteiger partial charge in [0.2, 0.25) is 0 Å². The third-order valence-corrected chi connectivity index (χ3v) is 4.16. The van der Waals surface area contributed by atoms with Crippen molar-refractivity contribution >= 4 is 0 Å². The summed E-state index contributed by atoms with van der Waals surface area (Å²) >= 11 is 0. The second-order valence-corrected chi connectivity index (χ2v) is 5.56. The molecule has 1 fully saturated rings. The van der Waals surface area contributed by atoms with Crippen molar-refractivity contribution in [3.05, 3.63) is 42.2 Å². The Morgan fingerprint density at radius 1 is 1.35 bits per heavy atom. The van der Waals surface area contributed by atoms with Gasteiger partial charge in [-0.25, -0.2) is 4.68 Å². The first kappa shape index (κ1) is 13.3. The molecular formula is C15H20N4O. The van der Waals surface area contributed by atoms with E-state index in [2.05, 4.69) is 15.6 Å². The minimum Gasteiger partial charge on any atom is -0.383 e. The number of nitrogens with zero attached hydrogens (tertiary/aromatic N) is 3. The molecule has 1 aliphatic heterocycles. The summed E-state index contributed by atoms with van der Waals surface area (Å²) in [7, 11) is 0. The SMILES string of the molecule is CC(O)(c1cnnn1-c1ccccc1)C1CCCNC1. The fraction of sp³-hybridized carbons (Fsp3) is 0.467. The normalized spacial score (nSPS) is 22.4. The van der Waals surface area contributed by atoms with Gasteiger partial charge in [0.25, 0.3) is 0 Å². The van der Waals surface area contributed by atoms with E-state index in [-0.39, 0.29) is 5.92 Å². The molecule has 0 saturated carbocycles. The summed E-state index contributed by atoms with van der Waals surface area (Å²) in [5, 5.41) is 22.5. The van der Waals surface area contributed by atoms with Gasteiger partial charge in [-0.2, -0.15) is 0 Å². The Balaban J connectivity index is 1.96. The molecule has 1 aliphatic rings. The van der Waals surface area contributed by atoms with E-state index >= 15 is 0 Å². The summed E-state index contributed by atoms with van der Waals surface area (Å²) in [4.78, 5) is 0. The number of benzene rings is 1. The smallest absolute Gasteiger partial charge is 0.109 e. The summed E-state index contributed by atoms with van der Waals surface area (Å²) in [6.45, 7) is 3.72. The van der Waals surface area contributed by atoms with Crippen LogP contribution in [0.4, 0.5) is 0 Å². The van der Waals surface area contributed by atoms with E-state index in [4.69, 9.17) is 0 Å². The molecule has 106 valence electrons. The van der Waals surface area contributed by atoms with Crippen LogP contribution in [-0.2, 0) is 5.60 Å². The summed E-state index contributed by atoms with van der Waals surface area (Å²) in [6.07, 6.45) is 3.77. The average molecular weight is 272 g/mol. The highest BCUT2D eigenvalue weighted by molar-refractivity contribution is 5.33. The maximum atomic E-state index is 11.0. The Morgan fingerprint density at radius 3 is 2.85 bits per heavy atom. The summed E-state index contributed by atoms with van der Waals surface area (Å²) in [6, 6.07) is 9.80. The first-order chi connectivity index (χ1) is 9.69. The monoisotopic (exact) mass is 272 g/mol. The number of aliphatic hydroxyl groups is 1. The van der Waals surface area contributed by atoms with Crippen LogP contribution in [-0.4, -0.2) is 33.2 Å². The number of hydrogen-bond acceptors (Lipinski definition) is 4. The van der Waals surface area contributed by atoms with Crippen molar-refractivity contribution in [3.8, 4) is 5.69 Å². The summed E-state index contributed by atoms with van der Waals surface area (Å²) < 4.78 is 1.73. The van der Waals surface area contributed by atoms with Crippen LogP contribution in [0.15, 0.2) is 36.5 Å². The minimum absolute atomic E-state index is 0.178. The number of rotatable bonds is 3. The maximum Gasteiger partial charge on any atom is 0.109 e. The van der Waals surface area contributed by atoms with Gasteiger partial charge in [0.05, 0.1) is 17.6 Å². The van der Waals surface area contributed by atoms with Crippen molar-refractivity contribution in [3.63, 3.8) is 0 Å². The third-order valence-electron chi connectivity index (χ3n) is 4.16. The molecule has 1 aromatic heterocycles. The summed E-state index contributed by atoms with van der Waals surface area (Å²) in [5.41, 5.74) is 0.730. The Morgan fingerprint density at radius 2 is 2.15 bits per heavy atom. The van der Waals surface area contributed by atoms with Gasteiger partial charge in [0.1, 0.15) is 5.60 Å². The summed E-state index contributed by atoms with van der Waals surface area (Å²) in [5.74, 6) is 0.178. The van der Waals surface area contributed by atoms with Crippen molar-refractivity contribution in [1.29, 1.82) is 0 Å². The van der Waals surface area contributed by atoms with Gasteiger partial charge >= 0.3 is 0 Å². The van der Waals surface area contributed by atoms with Crippen molar-refractivity contribution in [2.75, 3.05) is 13.1 Å². The van der Waals surface area contributed by atoms with Crippen LogP contribution in [0.5, 0.6) is 0 Å². The first-order valence-electron chi connectivity index (χ1n) is 7.09. The number of piperidine rings is 1. The van der Waals surface area contributed by atoms with Crippen LogP contribution in [0.25, 0.3) is 5.69 Å². The van der Waals surface area contributed by atoms with E-state index in [0.717, 1.165) is 37.3 Å². The lowest BCUT2D eigenvalue weighted by Gasteiger charge is -2.35. The molecule has 5 nitrogen and oxygen atoms in total. The van der Waals surface area contributed by atoms with E-state index < -0.39 is 5.60 Å². The van der Waals surface area contributed by atoms with Gasteiger partial charge in [0, 0.05) is 12.5 Å². The zero-order valence-corrected chi connectivity index (χ0v) is 11.7. The highest BCUT2D eigenvalue weighted by Gasteiger charge is 2.37. The molecule has 0 radical (unpaired) electrons. The van der Waals surface area contributed by atoms with Gasteiger partial charge in [-0.05, 0) is 38.4 Å². The molecule has 2 unspecified atom stereocenters. The molecule has 2 atom stereocenters. The van der Waals surface area contributed by atoms with Gasteiger partial charge in [0.15, 0.2) is 0 Å². The number of hydrogen-bond donors (Lipinski definition) is 2. The lowest BCUT2D eigenvalue weighted by Crippen LogP contribution is -2.43. The largest absolute Gasteiger partial charge is 0.383 e. The minimum atomic E-state index is -0.938. The second kappa shape index (κ2) is 5.34. The molecule has 0 spiro atoms. The van der Waals surface area contributed by atoms with Crippen LogP contribution in [0.3, 0.4) is 0 Å². The quantitative estimate of drug-likeness (QED) is 0.888. The Hall–Kier alpha value is -1.72. The van der Waals surface area contributed by atoms with E-state index in [1.165, 1.54) is 0 Å². The van der Waals surface area contributed by atoms with E-state index in [0.29, 0.717) is 0 Å². The Kier molecular flexibility index (Phi) is 3.54. The zero-order valence-electron chi connectivity index (χ0n) is 11.7. The first-order valence-corrected chi connectivity index (χ1v) is 7.09. The van der Waals surface area contributed by atoms with Gasteiger partial charge in [-0.1, -0.05) is 23.4 Å². The van der Waals surface area contributed by atoms with Gasteiger partial charge in [-0.15, -0.1) is 5.10 Å². The topological polar surface area (TPSA) is 63.0 Å². The molecule has 1 aromatic carbocycles. The molecule has 5 heteroatoms. The molecule has 20 heavy (non-hydrogen) atoms. The van der Waals surface area contributed by atoms with Crippen LogP contribution in [0.1, 0.15) is 25.5 Å². The second-order valence-electron chi connectivity index (χ2n) is 5.56. The van der Waals surface area contributed by atoms with Crippen LogP contribution >= 0.6 is 0 Å². The van der Waals surface area contributed by atoms with Crippen LogP contribution in [0, 0.1) is 5.92 Å². The van der Waals surface area contributed by atoms with Crippen molar-refractivity contribution in [2.24, 2.45) is 5.92 Å². The van der Waals surface area contributed by atoms with Crippen LogP contribution in [0.2, 0.25) is 0 Å². The molecule has 2 heterocycles. The molecule has 0 amide bonds.